The summed E-state index contributed by atoms with van der Waals surface area (Å²) in [6.07, 6.45) is 3.57. The van der Waals surface area contributed by atoms with E-state index in [2.05, 4.69) is 25.6 Å². The van der Waals surface area contributed by atoms with Crippen molar-refractivity contribution in [2.45, 2.75) is 25.3 Å². The molecule has 1 aliphatic rings. The first-order valence-electron chi connectivity index (χ1n) is 7.97. The van der Waals surface area contributed by atoms with E-state index in [9.17, 15) is 9.90 Å². The number of carboxylic acids is 1. The minimum Gasteiger partial charge on any atom is -0.508 e. The minimum absolute atomic E-state index is 0.0385. The van der Waals surface area contributed by atoms with Gasteiger partial charge in [0.15, 0.2) is 11.2 Å². The van der Waals surface area contributed by atoms with Crippen molar-refractivity contribution in [2.75, 3.05) is 5.32 Å². The Morgan fingerprint density at radius 1 is 1.24 bits per heavy atom. The monoisotopic (exact) mass is 340 g/mol. The van der Waals surface area contributed by atoms with Crippen molar-refractivity contribution < 1.29 is 15.0 Å². The molecular weight excluding hydrogens is 324 g/mol. The quantitative estimate of drug-likeness (QED) is 0.653. The van der Waals surface area contributed by atoms with Crippen molar-refractivity contribution in [3.8, 4) is 11.4 Å². The van der Waals surface area contributed by atoms with Crippen molar-refractivity contribution in [3.05, 3.63) is 30.5 Å². The second-order valence-electron chi connectivity index (χ2n) is 6.11. The number of benzene rings is 1. The number of hydrogen-bond acceptors (Lipinski definition) is 7. The van der Waals surface area contributed by atoms with E-state index in [1.165, 1.54) is 0 Å². The van der Waals surface area contributed by atoms with E-state index < -0.39 is 5.97 Å². The lowest BCUT2D eigenvalue weighted by Gasteiger charge is -2.12. The maximum absolute atomic E-state index is 11.1. The van der Waals surface area contributed by atoms with E-state index in [-0.39, 0.29) is 17.7 Å². The van der Waals surface area contributed by atoms with E-state index >= 15 is 0 Å². The van der Waals surface area contributed by atoms with Crippen LogP contribution >= 0.6 is 0 Å². The summed E-state index contributed by atoms with van der Waals surface area (Å²) in [6, 6.07) is 6.60. The van der Waals surface area contributed by atoms with Gasteiger partial charge in [-0.2, -0.15) is 9.67 Å². The number of aromatic nitrogens is 5. The van der Waals surface area contributed by atoms with Gasteiger partial charge in [-0.15, -0.1) is 5.10 Å². The van der Waals surface area contributed by atoms with E-state index in [4.69, 9.17) is 5.11 Å². The van der Waals surface area contributed by atoms with Crippen LogP contribution in [0.3, 0.4) is 0 Å². The zero-order valence-electron chi connectivity index (χ0n) is 13.2. The molecule has 2 aromatic heterocycles. The average molecular weight is 340 g/mol. The van der Waals surface area contributed by atoms with Gasteiger partial charge >= 0.3 is 5.97 Å². The summed E-state index contributed by atoms with van der Waals surface area (Å²) in [5.74, 6) is -0.481. The number of anilines is 1. The van der Waals surface area contributed by atoms with Crippen LogP contribution in [0.1, 0.15) is 19.3 Å². The molecule has 1 aromatic carbocycles. The molecule has 9 heteroatoms. The molecule has 9 nitrogen and oxygen atoms in total. The number of aliphatic carboxylic acids is 1. The molecular formula is C16H16N6O3. The average Bonchev–Trinajstić information content (AvgIpc) is 3.22. The molecule has 1 fully saturated rings. The normalized spacial score (nSPS) is 20.0. The third-order valence-corrected chi connectivity index (χ3v) is 4.40. The number of nitrogens with one attached hydrogen (secondary N) is 1. The molecule has 0 spiro atoms. The highest BCUT2D eigenvalue weighted by molar-refractivity contribution is 5.72. The molecule has 1 aliphatic carbocycles. The first kappa shape index (κ1) is 15.3. The van der Waals surface area contributed by atoms with E-state index in [1.54, 1.807) is 35.1 Å². The largest absolute Gasteiger partial charge is 0.508 e. The van der Waals surface area contributed by atoms with Gasteiger partial charge in [-0.1, -0.05) is 5.21 Å². The zero-order valence-corrected chi connectivity index (χ0v) is 13.2. The van der Waals surface area contributed by atoms with Gasteiger partial charge < -0.3 is 15.5 Å². The molecule has 3 N–H and O–H groups in total. The Labute approximate surface area is 142 Å². The first-order valence-corrected chi connectivity index (χ1v) is 7.97. The summed E-state index contributed by atoms with van der Waals surface area (Å²) >= 11 is 0. The van der Waals surface area contributed by atoms with Crippen LogP contribution in [0.2, 0.25) is 0 Å². The summed E-state index contributed by atoms with van der Waals surface area (Å²) in [5.41, 5.74) is 1.81. The Balaban J connectivity index is 1.60. The summed E-state index contributed by atoms with van der Waals surface area (Å²) in [7, 11) is 0. The third kappa shape index (κ3) is 2.95. The van der Waals surface area contributed by atoms with Gasteiger partial charge in [0.25, 0.3) is 0 Å². The molecule has 0 aliphatic heterocycles. The van der Waals surface area contributed by atoms with Crippen molar-refractivity contribution >= 4 is 23.1 Å². The maximum atomic E-state index is 11.1. The van der Waals surface area contributed by atoms with E-state index in [0.29, 0.717) is 30.0 Å². The lowest BCUT2D eigenvalue weighted by atomic mass is 10.1. The summed E-state index contributed by atoms with van der Waals surface area (Å²) in [4.78, 5) is 19.8. The van der Waals surface area contributed by atoms with Crippen LogP contribution in [-0.4, -0.2) is 47.2 Å². The molecule has 0 radical (unpaired) electrons. The molecule has 1 saturated carbocycles. The van der Waals surface area contributed by atoms with Gasteiger partial charge in [-0.25, -0.2) is 4.98 Å². The fourth-order valence-corrected chi connectivity index (χ4v) is 3.08. The third-order valence-electron chi connectivity index (χ3n) is 4.40. The van der Waals surface area contributed by atoms with Gasteiger partial charge in [0.1, 0.15) is 5.75 Å². The number of rotatable bonds is 4. The number of nitrogens with zero attached hydrogens (tertiary/aromatic N) is 5. The molecule has 4 rings (SSSR count). The highest BCUT2D eigenvalue weighted by atomic mass is 16.4. The second kappa shape index (κ2) is 6.00. The number of phenolic OH excluding ortho intramolecular Hbond substituents is 1. The Kier molecular flexibility index (Phi) is 3.68. The molecule has 2 heterocycles. The van der Waals surface area contributed by atoms with Crippen LogP contribution in [-0.2, 0) is 4.79 Å². The Hall–Kier alpha value is -3.23. The van der Waals surface area contributed by atoms with Crippen LogP contribution in [0.15, 0.2) is 30.5 Å². The highest BCUT2D eigenvalue weighted by Gasteiger charge is 2.30. The first-order chi connectivity index (χ1) is 12.1. The van der Waals surface area contributed by atoms with Crippen LogP contribution in [0.5, 0.6) is 5.75 Å². The highest BCUT2D eigenvalue weighted by Crippen LogP contribution is 2.28. The van der Waals surface area contributed by atoms with Crippen LogP contribution in [0, 0.1) is 5.92 Å². The summed E-state index contributed by atoms with van der Waals surface area (Å²) in [6.45, 7) is 0. The van der Waals surface area contributed by atoms with Crippen molar-refractivity contribution in [1.82, 2.24) is 25.0 Å². The number of aromatic hydroxyl groups is 1. The zero-order chi connectivity index (χ0) is 17.4. The molecule has 0 unspecified atom stereocenters. The van der Waals surface area contributed by atoms with Crippen LogP contribution in [0.4, 0.5) is 5.95 Å². The van der Waals surface area contributed by atoms with Crippen molar-refractivity contribution in [3.63, 3.8) is 0 Å². The molecule has 2 atom stereocenters. The number of fused-ring (bicyclic) bond motifs is 1. The topological polar surface area (TPSA) is 126 Å². The molecule has 0 bridgehead atoms. The van der Waals surface area contributed by atoms with E-state index in [0.717, 1.165) is 12.1 Å². The number of phenols is 1. The van der Waals surface area contributed by atoms with Gasteiger partial charge in [-0.05, 0) is 43.5 Å². The van der Waals surface area contributed by atoms with Crippen molar-refractivity contribution in [1.29, 1.82) is 0 Å². The Morgan fingerprint density at radius 2 is 2.04 bits per heavy atom. The van der Waals surface area contributed by atoms with Gasteiger partial charge in [0.05, 0.1) is 17.8 Å². The minimum atomic E-state index is -0.754. The Bertz CT molecular complexity index is 923. The summed E-state index contributed by atoms with van der Waals surface area (Å²) in [5, 5.41) is 29.8. The number of carbonyl (C=O) groups is 1. The predicted molar refractivity (Wildman–Crippen MR) is 88.5 cm³/mol. The maximum Gasteiger partial charge on any atom is 0.306 e. The SMILES string of the molecule is O=C(O)[C@@H]1CC[C@@H](Nc2ncc3nnn(-c4ccc(O)cc4)c3n2)C1. The van der Waals surface area contributed by atoms with Gasteiger partial charge in [-0.3, -0.25) is 4.79 Å². The fourth-order valence-electron chi connectivity index (χ4n) is 3.08. The number of carboxylic acid groups (broad SMARTS) is 1. The lowest BCUT2D eigenvalue weighted by molar-refractivity contribution is -0.141. The molecule has 0 saturated heterocycles. The fraction of sp³-hybridized carbons (Fsp3) is 0.312. The van der Waals surface area contributed by atoms with Crippen LogP contribution < -0.4 is 5.32 Å². The molecule has 25 heavy (non-hydrogen) atoms. The second-order valence-corrected chi connectivity index (χ2v) is 6.11. The standard InChI is InChI=1S/C16H16N6O3/c23-12-5-3-11(4-6-12)22-14-13(20-21-22)8-17-16(19-14)18-10-2-1-9(7-10)15(24)25/h3-6,8-10,23H,1-2,7H2,(H,24,25)(H,17,18,19)/t9-,10-/m1/s1. The van der Waals surface area contributed by atoms with E-state index in [1.807, 2.05) is 0 Å². The molecule has 0 amide bonds. The predicted octanol–water partition coefficient (Wildman–Crippen LogP) is 1.58. The number of hydrogen-bond donors (Lipinski definition) is 3. The lowest BCUT2D eigenvalue weighted by Crippen LogP contribution is -2.19. The van der Waals surface area contributed by atoms with Crippen LogP contribution in [0.25, 0.3) is 16.9 Å². The van der Waals surface area contributed by atoms with Gasteiger partial charge in [0, 0.05) is 6.04 Å². The molecule has 3 aromatic rings. The summed E-state index contributed by atoms with van der Waals surface area (Å²) < 4.78 is 1.57. The Morgan fingerprint density at radius 3 is 2.76 bits per heavy atom. The van der Waals surface area contributed by atoms with Crippen molar-refractivity contribution in [2.24, 2.45) is 5.92 Å². The molecule has 128 valence electrons. The van der Waals surface area contributed by atoms with Gasteiger partial charge in [0.2, 0.25) is 5.95 Å². The smallest absolute Gasteiger partial charge is 0.306 e.